The van der Waals surface area contributed by atoms with Gasteiger partial charge in [-0.25, -0.2) is 4.99 Å². The van der Waals surface area contributed by atoms with Crippen molar-refractivity contribution < 1.29 is 9.72 Å². The topological polar surface area (TPSA) is 128 Å². The molecule has 0 aliphatic carbocycles. The number of nitrogens with one attached hydrogen (secondary N) is 1. The van der Waals surface area contributed by atoms with Crippen molar-refractivity contribution in [2.75, 3.05) is 0 Å². The van der Waals surface area contributed by atoms with Crippen LogP contribution in [0.2, 0.25) is 0 Å². The highest BCUT2D eigenvalue weighted by Crippen LogP contribution is 2.36. The van der Waals surface area contributed by atoms with Crippen LogP contribution in [-0.2, 0) is 4.79 Å². The smallest absolute Gasteiger partial charge is 0.283 e. The Morgan fingerprint density at radius 2 is 1.89 bits per heavy atom. The fraction of sp³-hybridized carbons (Fsp3) is 0.0417. The van der Waals surface area contributed by atoms with E-state index < -0.39 is 4.92 Å². The molecule has 1 saturated heterocycles. The summed E-state index contributed by atoms with van der Waals surface area (Å²) < 4.78 is 1.51. The Balaban J connectivity index is 1.39. The maximum atomic E-state index is 12.5. The second kappa shape index (κ2) is 10.1. The van der Waals surface area contributed by atoms with Gasteiger partial charge in [-0.3, -0.25) is 14.9 Å². The Morgan fingerprint density at radius 1 is 1.11 bits per heavy atom. The van der Waals surface area contributed by atoms with Crippen LogP contribution in [-0.4, -0.2) is 36.2 Å². The molecule has 2 heterocycles. The first-order valence-electron chi connectivity index (χ1n) is 10.6. The van der Waals surface area contributed by atoms with Gasteiger partial charge < -0.3 is 5.32 Å². The second-order valence-corrected chi connectivity index (χ2v) is 9.65. The van der Waals surface area contributed by atoms with E-state index in [0.717, 1.165) is 28.7 Å². The van der Waals surface area contributed by atoms with Gasteiger partial charge in [-0.15, -0.1) is 5.10 Å². The summed E-state index contributed by atoms with van der Waals surface area (Å²) in [4.78, 5) is 29.1. The average molecular weight is 516 g/mol. The number of para-hydroxylation sites is 1. The Bertz CT molecular complexity index is 1520. The minimum atomic E-state index is -0.465. The van der Waals surface area contributed by atoms with E-state index in [1.807, 2.05) is 61.5 Å². The number of aromatic nitrogens is 4. The lowest BCUT2D eigenvalue weighted by Crippen LogP contribution is -2.19. The van der Waals surface area contributed by atoms with Gasteiger partial charge in [0.15, 0.2) is 5.17 Å². The number of nitrogens with zero attached hydrogens (tertiary/aromatic N) is 6. The van der Waals surface area contributed by atoms with Crippen LogP contribution in [0.5, 0.6) is 0 Å². The summed E-state index contributed by atoms with van der Waals surface area (Å²) in [5, 5.41) is 27.1. The molecule has 1 amide bonds. The minimum absolute atomic E-state index is 0.117. The molecule has 0 spiro atoms. The van der Waals surface area contributed by atoms with Gasteiger partial charge in [0.2, 0.25) is 5.16 Å². The molecule has 0 radical (unpaired) electrons. The van der Waals surface area contributed by atoms with Gasteiger partial charge >= 0.3 is 0 Å². The number of hydrogen-bond donors (Lipinski definition) is 1. The Labute approximate surface area is 213 Å². The number of amides is 1. The number of thioether (sulfide) groups is 1. The molecule has 0 saturated carbocycles. The maximum absolute atomic E-state index is 12.5. The molecular formula is C24H17N7O3S2. The number of rotatable bonds is 6. The van der Waals surface area contributed by atoms with E-state index in [4.69, 9.17) is 0 Å². The van der Waals surface area contributed by atoms with Gasteiger partial charge in [-0.2, -0.15) is 4.68 Å². The zero-order chi connectivity index (χ0) is 25.1. The monoisotopic (exact) mass is 515 g/mol. The first-order valence-corrected chi connectivity index (χ1v) is 12.3. The van der Waals surface area contributed by atoms with Crippen molar-refractivity contribution in [2.45, 2.75) is 17.0 Å². The molecule has 0 bridgehead atoms. The third-order valence-electron chi connectivity index (χ3n) is 5.04. The molecule has 10 nitrogen and oxygen atoms in total. The highest BCUT2D eigenvalue weighted by atomic mass is 32.2. The van der Waals surface area contributed by atoms with E-state index in [-0.39, 0.29) is 11.6 Å². The molecule has 1 aliphatic heterocycles. The third-order valence-corrected chi connectivity index (χ3v) is 6.95. The fourth-order valence-corrected chi connectivity index (χ4v) is 5.01. The fourth-order valence-electron chi connectivity index (χ4n) is 3.29. The van der Waals surface area contributed by atoms with Gasteiger partial charge in [0, 0.05) is 6.07 Å². The quantitative estimate of drug-likeness (QED) is 0.218. The van der Waals surface area contributed by atoms with Crippen LogP contribution >= 0.6 is 23.5 Å². The van der Waals surface area contributed by atoms with Crippen molar-refractivity contribution in [1.29, 1.82) is 0 Å². The Morgan fingerprint density at radius 3 is 2.64 bits per heavy atom. The average Bonchev–Trinajstić information content (AvgIpc) is 3.48. The van der Waals surface area contributed by atoms with Gasteiger partial charge in [0.1, 0.15) is 0 Å². The molecule has 178 valence electrons. The van der Waals surface area contributed by atoms with E-state index >= 15 is 0 Å². The number of tetrazole rings is 1. The molecule has 1 aromatic heterocycles. The molecule has 0 unspecified atom stereocenters. The number of nitro benzene ring substituents is 1. The summed E-state index contributed by atoms with van der Waals surface area (Å²) in [5.41, 5.74) is 2.97. The van der Waals surface area contributed by atoms with Crippen LogP contribution in [0.4, 0.5) is 11.4 Å². The van der Waals surface area contributed by atoms with E-state index in [9.17, 15) is 14.9 Å². The molecule has 1 N–H and O–H groups in total. The first kappa shape index (κ1) is 23.5. The number of carbonyl (C=O) groups is 1. The molecule has 5 rings (SSSR count). The van der Waals surface area contributed by atoms with Crippen molar-refractivity contribution in [3.8, 4) is 5.69 Å². The van der Waals surface area contributed by atoms with E-state index in [0.29, 0.717) is 25.7 Å². The Hall–Kier alpha value is -4.29. The second-order valence-electron chi connectivity index (χ2n) is 7.61. The SMILES string of the molecule is Cc1ccc(N=C2NC(=O)/C(=C/c3ccc(Sc4nnnn4-c4ccccc4)c([N+](=O)[O-])c3)S2)cc1. The van der Waals surface area contributed by atoms with Crippen molar-refractivity contribution >= 4 is 52.0 Å². The molecule has 3 aromatic carbocycles. The van der Waals surface area contributed by atoms with Crippen molar-refractivity contribution in [1.82, 2.24) is 25.5 Å². The lowest BCUT2D eigenvalue weighted by atomic mass is 10.2. The molecule has 0 atom stereocenters. The van der Waals surface area contributed by atoms with Crippen molar-refractivity contribution in [2.24, 2.45) is 4.99 Å². The normalized spacial score (nSPS) is 15.4. The highest BCUT2D eigenvalue weighted by Gasteiger charge is 2.25. The maximum Gasteiger partial charge on any atom is 0.283 e. The predicted octanol–water partition coefficient (Wildman–Crippen LogP) is 4.92. The van der Waals surface area contributed by atoms with E-state index in [1.54, 1.807) is 18.2 Å². The van der Waals surface area contributed by atoms with Crippen LogP contribution in [0.3, 0.4) is 0 Å². The summed E-state index contributed by atoms with van der Waals surface area (Å²) in [6.45, 7) is 1.98. The standard InChI is InChI=1S/C24H17N7O3S2/c1-15-7-10-17(11-8-15)25-23-26-22(32)21(35-23)14-16-9-12-20(19(13-16)31(33)34)36-24-27-28-29-30(24)18-5-3-2-4-6-18/h2-14H,1H3,(H,25,26,32)/b21-14-. The number of amidine groups is 1. The number of aryl methyl sites for hydroxylation is 1. The molecular weight excluding hydrogens is 498 g/mol. The number of aliphatic imine (C=N–C) groups is 1. The van der Waals surface area contributed by atoms with Crippen LogP contribution in [0, 0.1) is 17.0 Å². The van der Waals surface area contributed by atoms with Gasteiger partial charge in [0.25, 0.3) is 11.6 Å². The molecule has 36 heavy (non-hydrogen) atoms. The molecule has 1 fully saturated rings. The summed E-state index contributed by atoms with van der Waals surface area (Å²) in [5.74, 6) is -0.311. The summed E-state index contributed by atoms with van der Waals surface area (Å²) >= 11 is 2.27. The van der Waals surface area contributed by atoms with Crippen molar-refractivity contribution in [3.05, 3.63) is 98.9 Å². The molecule has 1 aliphatic rings. The van der Waals surface area contributed by atoms with Crippen LogP contribution in [0.25, 0.3) is 11.8 Å². The van der Waals surface area contributed by atoms with Gasteiger partial charge in [-0.05, 0) is 82.8 Å². The number of benzene rings is 3. The van der Waals surface area contributed by atoms with Crippen LogP contribution < -0.4 is 5.32 Å². The summed E-state index contributed by atoms with van der Waals surface area (Å²) in [6, 6.07) is 21.6. The summed E-state index contributed by atoms with van der Waals surface area (Å²) in [6.07, 6.45) is 1.60. The van der Waals surface area contributed by atoms with Crippen LogP contribution in [0.15, 0.2) is 92.7 Å². The van der Waals surface area contributed by atoms with E-state index in [1.165, 1.54) is 22.5 Å². The lowest BCUT2D eigenvalue weighted by Gasteiger charge is -2.05. The van der Waals surface area contributed by atoms with Gasteiger partial charge in [-0.1, -0.05) is 42.0 Å². The molecule has 12 heteroatoms. The van der Waals surface area contributed by atoms with Gasteiger partial charge in [0.05, 0.1) is 26.1 Å². The van der Waals surface area contributed by atoms with Crippen molar-refractivity contribution in [3.63, 3.8) is 0 Å². The number of hydrogen-bond acceptors (Lipinski definition) is 9. The zero-order valence-electron chi connectivity index (χ0n) is 18.7. The minimum Gasteiger partial charge on any atom is -0.300 e. The number of carbonyl (C=O) groups excluding carboxylic acids is 1. The third kappa shape index (κ3) is 5.19. The molecule has 4 aromatic rings. The van der Waals surface area contributed by atoms with Crippen LogP contribution in [0.1, 0.15) is 11.1 Å². The largest absolute Gasteiger partial charge is 0.300 e. The predicted molar refractivity (Wildman–Crippen MR) is 138 cm³/mol. The lowest BCUT2D eigenvalue weighted by molar-refractivity contribution is -0.387. The number of nitro groups is 1. The summed E-state index contributed by atoms with van der Waals surface area (Å²) in [7, 11) is 0. The first-order chi connectivity index (χ1) is 17.5. The van der Waals surface area contributed by atoms with E-state index in [2.05, 4.69) is 25.8 Å². The highest BCUT2D eigenvalue weighted by molar-refractivity contribution is 8.18. The Kier molecular flexibility index (Phi) is 6.60. The zero-order valence-corrected chi connectivity index (χ0v) is 20.4.